The van der Waals surface area contributed by atoms with Gasteiger partial charge in [-0.25, -0.2) is 12.8 Å². The van der Waals surface area contributed by atoms with Gasteiger partial charge in [-0.2, -0.15) is 4.31 Å². The third kappa shape index (κ3) is 5.95. The van der Waals surface area contributed by atoms with Crippen molar-refractivity contribution in [2.75, 3.05) is 13.1 Å². The third-order valence-corrected chi connectivity index (χ3v) is 6.83. The lowest BCUT2D eigenvalue weighted by Crippen LogP contribution is -2.43. The number of hydrogen-bond acceptors (Lipinski definition) is 4. The Kier molecular flexibility index (Phi) is 6.85. The Morgan fingerprint density at radius 3 is 2.26 bits per heavy atom. The number of piperidine rings is 1. The van der Waals surface area contributed by atoms with Crippen molar-refractivity contribution in [3.05, 3.63) is 59.9 Å². The first-order chi connectivity index (χ1) is 14.6. The molecule has 1 fully saturated rings. The molecular formula is C20H20F4N2O4S. The molecule has 0 unspecified atom stereocenters. The second kappa shape index (κ2) is 9.23. The Balaban J connectivity index is 1.51. The topological polar surface area (TPSA) is 75.7 Å². The number of halogens is 4. The Morgan fingerprint density at radius 1 is 1.06 bits per heavy atom. The third-order valence-electron chi connectivity index (χ3n) is 4.90. The highest BCUT2D eigenvalue weighted by atomic mass is 32.2. The molecule has 1 N–H and O–H groups in total. The van der Waals surface area contributed by atoms with Crippen LogP contribution in [-0.4, -0.2) is 38.1 Å². The fourth-order valence-corrected chi connectivity index (χ4v) is 4.83. The molecule has 1 heterocycles. The predicted octanol–water partition coefficient (Wildman–Crippen LogP) is 3.44. The lowest BCUT2D eigenvalue weighted by Gasteiger charge is -2.30. The molecule has 0 saturated carbocycles. The molecule has 0 aromatic heterocycles. The van der Waals surface area contributed by atoms with E-state index in [9.17, 15) is 30.8 Å². The first-order valence-corrected chi connectivity index (χ1v) is 10.9. The normalized spacial score (nSPS) is 16.1. The quantitative estimate of drug-likeness (QED) is 0.671. The van der Waals surface area contributed by atoms with E-state index in [1.54, 1.807) is 0 Å². The van der Waals surface area contributed by atoms with Crippen molar-refractivity contribution < 1.29 is 35.5 Å². The SMILES string of the molecule is O=C(NCc1ccc(OC(F)(F)F)cc1)C1CCN(S(=O)(=O)c2ccccc2F)CC1. The van der Waals surface area contributed by atoms with Crippen LogP contribution in [-0.2, 0) is 21.4 Å². The highest BCUT2D eigenvalue weighted by molar-refractivity contribution is 7.89. The fraction of sp³-hybridized carbons (Fsp3) is 0.350. The molecule has 168 valence electrons. The van der Waals surface area contributed by atoms with Gasteiger partial charge in [0.25, 0.3) is 0 Å². The van der Waals surface area contributed by atoms with Crippen molar-refractivity contribution in [1.29, 1.82) is 0 Å². The van der Waals surface area contributed by atoms with Crippen molar-refractivity contribution in [2.45, 2.75) is 30.6 Å². The van der Waals surface area contributed by atoms with Crippen LogP contribution in [0.5, 0.6) is 5.75 Å². The summed E-state index contributed by atoms with van der Waals surface area (Å²) in [5, 5.41) is 2.70. The van der Waals surface area contributed by atoms with Crippen LogP contribution in [0.4, 0.5) is 17.6 Å². The number of carbonyl (C=O) groups is 1. The van der Waals surface area contributed by atoms with E-state index in [4.69, 9.17) is 0 Å². The second-order valence-electron chi connectivity index (χ2n) is 7.02. The van der Waals surface area contributed by atoms with Gasteiger partial charge in [-0.3, -0.25) is 4.79 Å². The molecule has 0 aliphatic carbocycles. The number of sulfonamides is 1. The molecule has 6 nitrogen and oxygen atoms in total. The standard InChI is InChI=1S/C20H20F4N2O4S/c21-17-3-1-2-4-18(17)31(28,29)26-11-9-15(10-12-26)19(27)25-13-14-5-7-16(8-6-14)30-20(22,23)24/h1-8,15H,9-13H2,(H,25,27). The summed E-state index contributed by atoms with van der Waals surface area (Å²) >= 11 is 0. The molecule has 1 saturated heterocycles. The van der Waals surface area contributed by atoms with Gasteiger partial charge in [0, 0.05) is 25.6 Å². The van der Waals surface area contributed by atoms with E-state index < -0.39 is 33.0 Å². The van der Waals surface area contributed by atoms with Crippen molar-refractivity contribution in [2.24, 2.45) is 5.92 Å². The second-order valence-corrected chi connectivity index (χ2v) is 8.92. The van der Waals surface area contributed by atoms with Gasteiger partial charge >= 0.3 is 6.36 Å². The zero-order valence-corrected chi connectivity index (χ0v) is 17.0. The van der Waals surface area contributed by atoms with Gasteiger partial charge in [-0.1, -0.05) is 24.3 Å². The maximum atomic E-state index is 13.9. The van der Waals surface area contributed by atoms with Crippen LogP contribution in [0.25, 0.3) is 0 Å². The summed E-state index contributed by atoms with van der Waals surface area (Å²) < 4.78 is 80.6. The van der Waals surface area contributed by atoms with E-state index in [2.05, 4.69) is 10.1 Å². The summed E-state index contributed by atoms with van der Waals surface area (Å²) in [5.41, 5.74) is 0.586. The number of alkyl halides is 3. The van der Waals surface area contributed by atoms with Gasteiger partial charge in [-0.15, -0.1) is 13.2 Å². The van der Waals surface area contributed by atoms with Crippen LogP contribution in [0.3, 0.4) is 0 Å². The Bertz CT molecular complexity index is 1020. The van der Waals surface area contributed by atoms with E-state index >= 15 is 0 Å². The highest BCUT2D eigenvalue weighted by Gasteiger charge is 2.33. The minimum absolute atomic E-state index is 0.0816. The largest absolute Gasteiger partial charge is 0.573 e. The van der Waals surface area contributed by atoms with Crippen LogP contribution in [0.1, 0.15) is 18.4 Å². The smallest absolute Gasteiger partial charge is 0.406 e. The lowest BCUT2D eigenvalue weighted by molar-refractivity contribution is -0.274. The molecule has 0 bridgehead atoms. The number of nitrogens with zero attached hydrogens (tertiary/aromatic N) is 1. The lowest BCUT2D eigenvalue weighted by atomic mass is 9.97. The zero-order chi connectivity index (χ0) is 22.6. The Hall–Kier alpha value is -2.66. The average Bonchev–Trinajstić information content (AvgIpc) is 2.72. The minimum Gasteiger partial charge on any atom is -0.406 e. The van der Waals surface area contributed by atoms with Crippen LogP contribution in [0.2, 0.25) is 0 Å². The molecule has 31 heavy (non-hydrogen) atoms. The summed E-state index contributed by atoms with van der Waals surface area (Å²) in [6, 6.07) is 10.3. The Labute approximate surface area is 176 Å². The highest BCUT2D eigenvalue weighted by Crippen LogP contribution is 2.26. The molecule has 0 atom stereocenters. The van der Waals surface area contributed by atoms with Crippen molar-refractivity contribution >= 4 is 15.9 Å². The van der Waals surface area contributed by atoms with Crippen LogP contribution in [0.15, 0.2) is 53.4 Å². The summed E-state index contributed by atoms with van der Waals surface area (Å²) in [6.45, 7) is 0.273. The monoisotopic (exact) mass is 460 g/mol. The Morgan fingerprint density at radius 2 is 1.68 bits per heavy atom. The molecule has 2 aromatic carbocycles. The summed E-state index contributed by atoms with van der Waals surface area (Å²) in [7, 11) is -3.98. The fourth-order valence-electron chi connectivity index (χ4n) is 3.29. The number of hydrogen-bond donors (Lipinski definition) is 1. The number of benzene rings is 2. The summed E-state index contributed by atoms with van der Waals surface area (Å²) in [4.78, 5) is 12.0. The number of rotatable bonds is 6. The minimum atomic E-state index is -4.77. The maximum Gasteiger partial charge on any atom is 0.573 e. The van der Waals surface area contributed by atoms with Crippen molar-refractivity contribution in [3.63, 3.8) is 0 Å². The van der Waals surface area contributed by atoms with E-state index in [0.29, 0.717) is 5.56 Å². The average molecular weight is 460 g/mol. The van der Waals surface area contributed by atoms with Gasteiger partial charge in [0.2, 0.25) is 15.9 Å². The molecule has 1 aliphatic rings. The predicted molar refractivity (Wildman–Crippen MR) is 103 cm³/mol. The number of ether oxygens (including phenoxy) is 1. The van der Waals surface area contributed by atoms with E-state index in [1.165, 1.54) is 30.3 Å². The first-order valence-electron chi connectivity index (χ1n) is 9.43. The van der Waals surface area contributed by atoms with E-state index in [1.807, 2.05) is 0 Å². The number of carbonyl (C=O) groups excluding carboxylic acids is 1. The summed E-state index contributed by atoms with van der Waals surface area (Å²) in [5.74, 6) is -1.88. The van der Waals surface area contributed by atoms with Gasteiger partial charge in [-0.05, 0) is 42.7 Å². The molecule has 1 aliphatic heterocycles. The molecule has 1 amide bonds. The van der Waals surface area contributed by atoms with Gasteiger partial charge in [0.05, 0.1) is 0 Å². The molecule has 2 aromatic rings. The maximum absolute atomic E-state index is 13.9. The summed E-state index contributed by atoms with van der Waals surface area (Å²) in [6.07, 6.45) is -4.22. The molecular weight excluding hydrogens is 440 g/mol. The van der Waals surface area contributed by atoms with Crippen LogP contribution in [0, 0.1) is 11.7 Å². The first kappa shape index (κ1) is 23.0. The molecule has 0 spiro atoms. The zero-order valence-electron chi connectivity index (χ0n) is 16.2. The van der Waals surface area contributed by atoms with Gasteiger partial charge < -0.3 is 10.1 Å². The van der Waals surface area contributed by atoms with Gasteiger partial charge in [0.15, 0.2) is 0 Å². The molecule has 0 radical (unpaired) electrons. The van der Waals surface area contributed by atoms with Crippen LogP contribution < -0.4 is 10.1 Å². The van der Waals surface area contributed by atoms with E-state index in [0.717, 1.165) is 22.5 Å². The number of nitrogens with one attached hydrogen (secondary N) is 1. The molecule has 11 heteroatoms. The van der Waals surface area contributed by atoms with E-state index in [-0.39, 0.29) is 44.1 Å². The number of amides is 1. The van der Waals surface area contributed by atoms with Gasteiger partial charge in [0.1, 0.15) is 16.5 Å². The van der Waals surface area contributed by atoms with Crippen molar-refractivity contribution in [1.82, 2.24) is 9.62 Å². The molecule has 3 rings (SSSR count). The van der Waals surface area contributed by atoms with Crippen LogP contribution >= 0.6 is 0 Å². The van der Waals surface area contributed by atoms with Crippen molar-refractivity contribution in [3.8, 4) is 5.75 Å².